The molecule has 0 atom stereocenters. The van der Waals surface area contributed by atoms with Gasteiger partial charge in [-0.25, -0.2) is 0 Å². The van der Waals surface area contributed by atoms with Crippen LogP contribution in [0.5, 0.6) is 0 Å². The highest BCUT2D eigenvalue weighted by Crippen LogP contribution is 2.42. The Morgan fingerprint density at radius 1 is 1.43 bits per heavy atom. The zero-order chi connectivity index (χ0) is 15.0. The third kappa shape index (κ3) is 3.08. The molecule has 0 spiro atoms. The Balaban J connectivity index is 1.77. The molecule has 1 heterocycles. The number of rotatable bonds is 4. The van der Waals surface area contributed by atoms with Gasteiger partial charge in [0.2, 0.25) is 5.13 Å². The molecule has 1 saturated carbocycles. The molecule has 108 valence electrons. The van der Waals surface area contributed by atoms with Crippen LogP contribution >= 0.6 is 27.3 Å². The van der Waals surface area contributed by atoms with Gasteiger partial charge in [0, 0.05) is 17.5 Å². The number of nitrogens with zero attached hydrogens (tertiary/aromatic N) is 3. The first-order chi connectivity index (χ1) is 10.0. The van der Waals surface area contributed by atoms with Crippen LogP contribution in [0.25, 0.3) is 0 Å². The number of halogens is 1. The molecule has 1 aromatic heterocycles. The van der Waals surface area contributed by atoms with Crippen molar-refractivity contribution in [3.8, 4) is 0 Å². The summed E-state index contributed by atoms with van der Waals surface area (Å²) in [4.78, 5) is 22.4. The van der Waals surface area contributed by atoms with Gasteiger partial charge in [0.25, 0.3) is 11.6 Å². The van der Waals surface area contributed by atoms with Crippen molar-refractivity contribution >= 4 is 44.0 Å². The Morgan fingerprint density at radius 3 is 2.86 bits per heavy atom. The molecule has 0 aliphatic heterocycles. The minimum atomic E-state index is -0.545. The average molecular weight is 369 g/mol. The number of carbonyl (C=O) groups excluding carboxylic acids is 1. The van der Waals surface area contributed by atoms with Gasteiger partial charge in [-0.2, -0.15) is 0 Å². The van der Waals surface area contributed by atoms with E-state index in [1.807, 2.05) is 0 Å². The zero-order valence-corrected chi connectivity index (χ0v) is 13.0. The van der Waals surface area contributed by atoms with Crippen molar-refractivity contribution in [2.24, 2.45) is 0 Å². The van der Waals surface area contributed by atoms with Crippen molar-refractivity contribution < 1.29 is 9.72 Å². The monoisotopic (exact) mass is 368 g/mol. The summed E-state index contributed by atoms with van der Waals surface area (Å²) < 4.78 is 0.330. The molecule has 1 fully saturated rings. The Morgan fingerprint density at radius 2 is 2.19 bits per heavy atom. The largest absolute Gasteiger partial charge is 0.296 e. The predicted molar refractivity (Wildman–Crippen MR) is 80.6 cm³/mol. The van der Waals surface area contributed by atoms with E-state index >= 15 is 0 Å². The van der Waals surface area contributed by atoms with Crippen LogP contribution in [0.1, 0.15) is 34.1 Å². The van der Waals surface area contributed by atoms with E-state index in [1.54, 1.807) is 0 Å². The summed E-state index contributed by atoms with van der Waals surface area (Å²) in [5, 5.41) is 22.7. The van der Waals surface area contributed by atoms with Gasteiger partial charge in [-0.05, 0) is 40.9 Å². The quantitative estimate of drug-likeness (QED) is 0.658. The molecule has 0 unspecified atom stereocenters. The highest BCUT2D eigenvalue weighted by molar-refractivity contribution is 9.10. The normalized spacial score (nSPS) is 14.0. The average Bonchev–Trinajstić information content (AvgIpc) is 3.19. The van der Waals surface area contributed by atoms with Crippen molar-refractivity contribution in [1.82, 2.24) is 10.2 Å². The number of nitro groups is 1. The first-order valence-electron chi connectivity index (χ1n) is 6.13. The van der Waals surface area contributed by atoms with E-state index in [-0.39, 0.29) is 11.3 Å². The van der Waals surface area contributed by atoms with E-state index in [2.05, 4.69) is 31.4 Å². The molecule has 3 rings (SSSR count). The minimum absolute atomic E-state index is 0.154. The first-order valence-corrected chi connectivity index (χ1v) is 7.74. The van der Waals surface area contributed by atoms with Crippen molar-refractivity contribution in [3.05, 3.63) is 43.4 Å². The Bertz CT molecular complexity index is 729. The Hall–Kier alpha value is -1.87. The predicted octanol–water partition coefficient (Wildman–Crippen LogP) is 3.34. The van der Waals surface area contributed by atoms with Gasteiger partial charge in [0.05, 0.1) is 9.40 Å². The molecular weight excluding hydrogens is 360 g/mol. The number of hydrogen-bond acceptors (Lipinski definition) is 6. The van der Waals surface area contributed by atoms with Gasteiger partial charge in [-0.15, -0.1) is 10.2 Å². The van der Waals surface area contributed by atoms with Crippen molar-refractivity contribution in [2.75, 3.05) is 5.32 Å². The first kappa shape index (κ1) is 14.1. The van der Waals surface area contributed by atoms with Gasteiger partial charge < -0.3 is 0 Å². The Labute approximate surface area is 131 Å². The van der Waals surface area contributed by atoms with E-state index in [0.717, 1.165) is 17.8 Å². The minimum Gasteiger partial charge on any atom is -0.296 e. The Kier molecular flexibility index (Phi) is 3.68. The maximum absolute atomic E-state index is 12.1. The van der Waals surface area contributed by atoms with Gasteiger partial charge in [-0.3, -0.25) is 20.2 Å². The number of anilines is 1. The number of nitrogens with one attached hydrogen (secondary N) is 1. The van der Waals surface area contributed by atoms with Crippen LogP contribution < -0.4 is 5.32 Å². The summed E-state index contributed by atoms with van der Waals surface area (Å²) in [6.45, 7) is 0. The third-order valence-corrected chi connectivity index (χ3v) is 4.66. The fourth-order valence-corrected chi connectivity index (χ4v) is 3.04. The topological polar surface area (TPSA) is 98.0 Å². The van der Waals surface area contributed by atoms with Crippen LogP contribution in [-0.4, -0.2) is 21.0 Å². The molecule has 9 heteroatoms. The van der Waals surface area contributed by atoms with Crippen LogP contribution in [-0.2, 0) is 0 Å². The molecular formula is C12H9BrN4O3S. The third-order valence-electron chi connectivity index (χ3n) is 2.99. The molecule has 1 aliphatic rings. The fourth-order valence-electron chi connectivity index (χ4n) is 1.74. The zero-order valence-electron chi connectivity index (χ0n) is 10.6. The number of benzene rings is 1. The molecule has 2 aromatic rings. The molecule has 1 N–H and O–H groups in total. The summed E-state index contributed by atoms with van der Waals surface area (Å²) in [5.74, 6) is 0.0333. The summed E-state index contributed by atoms with van der Waals surface area (Å²) in [6, 6.07) is 4.21. The lowest BCUT2D eigenvalue weighted by atomic mass is 10.2. The highest BCUT2D eigenvalue weighted by Gasteiger charge is 2.28. The number of aromatic nitrogens is 2. The van der Waals surface area contributed by atoms with E-state index in [1.165, 1.54) is 29.5 Å². The van der Waals surface area contributed by atoms with E-state index < -0.39 is 10.8 Å². The van der Waals surface area contributed by atoms with Crippen LogP contribution in [0, 0.1) is 10.1 Å². The van der Waals surface area contributed by atoms with Crippen LogP contribution in [0.3, 0.4) is 0 Å². The maximum atomic E-state index is 12.1. The van der Waals surface area contributed by atoms with Crippen LogP contribution in [0.4, 0.5) is 10.8 Å². The molecule has 0 radical (unpaired) electrons. The summed E-state index contributed by atoms with van der Waals surface area (Å²) >= 11 is 4.42. The number of carbonyl (C=O) groups is 1. The fraction of sp³-hybridized carbons (Fsp3) is 0.250. The summed E-state index contributed by atoms with van der Waals surface area (Å²) in [6.07, 6.45) is 2.23. The second kappa shape index (κ2) is 5.49. The molecule has 0 bridgehead atoms. The second-order valence-corrected chi connectivity index (χ2v) is 6.46. The lowest BCUT2D eigenvalue weighted by Crippen LogP contribution is -2.12. The van der Waals surface area contributed by atoms with Gasteiger partial charge in [-0.1, -0.05) is 11.3 Å². The maximum Gasteiger partial charge on any atom is 0.284 e. The standard InChI is InChI=1S/C12H9BrN4O3S/c13-8-4-3-7(5-9(8)17(19)20)10(18)14-12-16-15-11(21-12)6-1-2-6/h3-6H,1-2H2,(H,14,16,18). The van der Waals surface area contributed by atoms with Crippen LogP contribution in [0.15, 0.2) is 22.7 Å². The summed E-state index contributed by atoms with van der Waals surface area (Å²) in [5.41, 5.74) is 0.0478. The van der Waals surface area contributed by atoms with Gasteiger partial charge in [0.15, 0.2) is 0 Å². The van der Waals surface area contributed by atoms with E-state index in [9.17, 15) is 14.9 Å². The molecule has 7 nitrogen and oxygen atoms in total. The number of hydrogen-bond donors (Lipinski definition) is 1. The van der Waals surface area contributed by atoms with Crippen molar-refractivity contribution in [1.29, 1.82) is 0 Å². The smallest absolute Gasteiger partial charge is 0.284 e. The van der Waals surface area contributed by atoms with Gasteiger partial charge in [0.1, 0.15) is 5.01 Å². The highest BCUT2D eigenvalue weighted by atomic mass is 79.9. The second-order valence-electron chi connectivity index (χ2n) is 4.60. The van der Waals surface area contributed by atoms with Crippen LogP contribution in [0.2, 0.25) is 0 Å². The molecule has 1 aromatic carbocycles. The van der Waals surface area contributed by atoms with Crippen molar-refractivity contribution in [3.63, 3.8) is 0 Å². The van der Waals surface area contributed by atoms with Gasteiger partial charge >= 0.3 is 0 Å². The lowest BCUT2D eigenvalue weighted by Gasteiger charge is -2.02. The summed E-state index contributed by atoms with van der Waals surface area (Å²) in [7, 11) is 0. The van der Waals surface area contributed by atoms with Crippen molar-refractivity contribution in [2.45, 2.75) is 18.8 Å². The van der Waals surface area contributed by atoms with E-state index in [4.69, 9.17) is 0 Å². The molecule has 21 heavy (non-hydrogen) atoms. The number of amides is 1. The SMILES string of the molecule is O=C(Nc1nnc(C2CC2)s1)c1ccc(Br)c([N+](=O)[O-])c1. The number of nitro benzene ring substituents is 1. The molecule has 1 amide bonds. The lowest BCUT2D eigenvalue weighted by molar-refractivity contribution is -0.385. The molecule has 0 saturated heterocycles. The molecule has 1 aliphatic carbocycles. The van der Waals surface area contributed by atoms with E-state index in [0.29, 0.717) is 15.5 Å².